The standard InChI is InChI=1S/C14H20N4OS/c15-12-11(13(19)16-10-6-2-1-3-7-10)20-14(17-12)18-8-4-5-9-18/h1-2,10H,3-9,15H2,(H,16,19). The van der Waals surface area contributed by atoms with Crippen LogP contribution in [0, 0.1) is 0 Å². The lowest BCUT2D eigenvalue weighted by molar-refractivity contribution is 0.0939. The predicted molar refractivity (Wildman–Crippen MR) is 82.2 cm³/mol. The fourth-order valence-corrected chi connectivity index (χ4v) is 3.64. The minimum absolute atomic E-state index is 0.0780. The van der Waals surface area contributed by atoms with Crippen molar-refractivity contribution in [3.05, 3.63) is 17.0 Å². The molecule has 5 nitrogen and oxygen atoms in total. The molecule has 1 aromatic rings. The summed E-state index contributed by atoms with van der Waals surface area (Å²) >= 11 is 1.41. The van der Waals surface area contributed by atoms with Crippen molar-refractivity contribution >= 4 is 28.2 Å². The highest BCUT2D eigenvalue weighted by Gasteiger charge is 2.23. The van der Waals surface area contributed by atoms with E-state index >= 15 is 0 Å². The van der Waals surface area contributed by atoms with Crippen LogP contribution in [0.25, 0.3) is 0 Å². The molecule has 0 saturated carbocycles. The largest absolute Gasteiger partial charge is 0.382 e. The zero-order valence-corrected chi connectivity index (χ0v) is 12.3. The lowest BCUT2D eigenvalue weighted by Crippen LogP contribution is -2.35. The number of anilines is 2. The minimum Gasteiger partial charge on any atom is -0.382 e. The smallest absolute Gasteiger partial charge is 0.265 e. The number of aromatic nitrogens is 1. The van der Waals surface area contributed by atoms with Crippen LogP contribution in [0.3, 0.4) is 0 Å². The molecule has 20 heavy (non-hydrogen) atoms. The van der Waals surface area contributed by atoms with Gasteiger partial charge in [-0.1, -0.05) is 23.5 Å². The summed E-state index contributed by atoms with van der Waals surface area (Å²) in [5.74, 6) is 0.284. The molecule has 2 aliphatic rings. The number of hydrogen-bond acceptors (Lipinski definition) is 5. The maximum absolute atomic E-state index is 12.3. The van der Waals surface area contributed by atoms with Gasteiger partial charge in [0, 0.05) is 19.1 Å². The van der Waals surface area contributed by atoms with E-state index in [0.29, 0.717) is 10.7 Å². The zero-order valence-electron chi connectivity index (χ0n) is 11.5. The van der Waals surface area contributed by atoms with Crippen molar-refractivity contribution in [2.24, 2.45) is 0 Å². The second-order valence-corrected chi connectivity index (χ2v) is 6.34. The van der Waals surface area contributed by atoms with Crippen LogP contribution in [0.2, 0.25) is 0 Å². The number of rotatable bonds is 3. The van der Waals surface area contributed by atoms with Crippen LogP contribution in [0.1, 0.15) is 41.8 Å². The topological polar surface area (TPSA) is 71.2 Å². The predicted octanol–water partition coefficient (Wildman–Crippen LogP) is 2.16. The number of hydrogen-bond donors (Lipinski definition) is 2. The van der Waals surface area contributed by atoms with Gasteiger partial charge in [-0.05, 0) is 32.1 Å². The summed E-state index contributed by atoms with van der Waals surface area (Å²) in [7, 11) is 0. The second kappa shape index (κ2) is 5.83. The van der Waals surface area contributed by atoms with Crippen molar-refractivity contribution in [3.63, 3.8) is 0 Å². The molecule has 2 heterocycles. The number of amides is 1. The van der Waals surface area contributed by atoms with E-state index in [1.54, 1.807) is 0 Å². The molecule has 6 heteroatoms. The Morgan fingerprint density at radius 2 is 2.20 bits per heavy atom. The number of nitrogens with two attached hydrogens (primary N) is 1. The van der Waals surface area contributed by atoms with Gasteiger partial charge in [-0.15, -0.1) is 0 Å². The molecule has 3 rings (SSSR count). The quantitative estimate of drug-likeness (QED) is 0.838. The summed E-state index contributed by atoms with van der Waals surface area (Å²) in [5, 5.41) is 3.94. The third-order valence-electron chi connectivity index (χ3n) is 3.83. The Labute approximate surface area is 122 Å². The number of allylic oxidation sites excluding steroid dienone is 1. The fraction of sp³-hybridized carbons (Fsp3) is 0.571. The third kappa shape index (κ3) is 2.80. The van der Waals surface area contributed by atoms with Crippen molar-refractivity contribution in [3.8, 4) is 0 Å². The van der Waals surface area contributed by atoms with Crippen LogP contribution in [0.15, 0.2) is 12.2 Å². The van der Waals surface area contributed by atoms with Crippen LogP contribution >= 0.6 is 11.3 Å². The summed E-state index contributed by atoms with van der Waals surface area (Å²) < 4.78 is 0. The van der Waals surface area contributed by atoms with E-state index in [2.05, 4.69) is 27.4 Å². The van der Waals surface area contributed by atoms with Crippen molar-refractivity contribution in [1.29, 1.82) is 0 Å². The number of carbonyl (C=O) groups is 1. The van der Waals surface area contributed by atoms with Crippen LogP contribution in [0.4, 0.5) is 10.9 Å². The van der Waals surface area contributed by atoms with Crippen molar-refractivity contribution in [2.75, 3.05) is 23.7 Å². The van der Waals surface area contributed by atoms with Gasteiger partial charge in [0.25, 0.3) is 5.91 Å². The average molecular weight is 292 g/mol. The van der Waals surface area contributed by atoms with Crippen LogP contribution in [0.5, 0.6) is 0 Å². The van der Waals surface area contributed by atoms with Crippen LogP contribution in [-0.2, 0) is 0 Å². The number of thiazole rings is 1. The maximum Gasteiger partial charge on any atom is 0.265 e. The molecule has 1 atom stereocenters. The summed E-state index contributed by atoms with van der Waals surface area (Å²) in [4.78, 5) is 19.4. The van der Waals surface area contributed by atoms with Gasteiger partial charge in [-0.25, -0.2) is 4.98 Å². The van der Waals surface area contributed by atoms with Crippen LogP contribution in [-0.4, -0.2) is 30.0 Å². The van der Waals surface area contributed by atoms with Gasteiger partial charge in [-0.2, -0.15) is 0 Å². The first-order valence-corrected chi connectivity index (χ1v) is 8.03. The molecule has 1 unspecified atom stereocenters. The van der Waals surface area contributed by atoms with E-state index in [0.717, 1.165) is 37.5 Å². The molecule has 1 saturated heterocycles. The van der Waals surface area contributed by atoms with Crippen molar-refractivity contribution in [1.82, 2.24) is 10.3 Å². The fourth-order valence-electron chi connectivity index (χ4n) is 2.70. The Bertz CT molecular complexity index is 519. The zero-order chi connectivity index (χ0) is 13.9. The summed E-state index contributed by atoms with van der Waals surface area (Å²) in [6, 6.07) is 0.226. The number of carbonyl (C=O) groups excluding carboxylic acids is 1. The van der Waals surface area contributed by atoms with E-state index < -0.39 is 0 Å². The van der Waals surface area contributed by atoms with Gasteiger partial charge in [-0.3, -0.25) is 4.79 Å². The molecule has 1 aromatic heterocycles. The van der Waals surface area contributed by atoms with Gasteiger partial charge in [0.2, 0.25) is 0 Å². The van der Waals surface area contributed by atoms with E-state index in [4.69, 9.17) is 5.73 Å². The highest BCUT2D eigenvalue weighted by molar-refractivity contribution is 7.18. The number of nitrogens with one attached hydrogen (secondary N) is 1. The average Bonchev–Trinajstić information content (AvgIpc) is 3.08. The summed E-state index contributed by atoms with van der Waals surface area (Å²) in [5.41, 5.74) is 5.91. The Balaban J connectivity index is 1.69. The molecule has 3 N–H and O–H groups in total. The molecule has 0 aromatic carbocycles. The molecule has 0 bridgehead atoms. The van der Waals surface area contributed by atoms with Gasteiger partial charge in [0.15, 0.2) is 5.13 Å². The Morgan fingerprint density at radius 1 is 1.40 bits per heavy atom. The lowest BCUT2D eigenvalue weighted by atomic mass is 10.0. The van der Waals surface area contributed by atoms with E-state index in [1.165, 1.54) is 24.2 Å². The first kappa shape index (κ1) is 13.4. The first-order valence-electron chi connectivity index (χ1n) is 7.21. The lowest BCUT2D eigenvalue weighted by Gasteiger charge is -2.18. The van der Waals surface area contributed by atoms with Crippen molar-refractivity contribution in [2.45, 2.75) is 38.1 Å². The molecular weight excluding hydrogens is 272 g/mol. The number of nitrogens with zero attached hydrogens (tertiary/aromatic N) is 2. The molecule has 0 spiro atoms. The van der Waals surface area contributed by atoms with Gasteiger partial charge < -0.3 is 16.0 Å². The number of nitrogen functional groups attached to an aromatic ring is 1. The molecule has 108 valence electrons. The van der Waals surface area contributed by atoms with Gasteiger partial charge in [0.1, 0.15) is 10.7 Å². The summed E-state index contributed by atoms with van der Waals surface area (Å²) in [6.45, 7) is 2.03. The summed E-state index contributed by atoms with van der Waals surface area (Å²) in [6.07, 6.45) is 9.60. The van der Waals surface area contributed by atoms with E-state index in [9.17, 15) is 4.79 Å². The molecule has 1 fully saturated rings. The minimum atomic E-state index is -0.0780. The van der Waals surface area contributed by atoms with E-state index in [1.807, 2.05) is 0 Å². The Kier molecular flexibility index (Phi) is 3.91. The second-order valence-electron chi connectivity index (χ2n) is 5.36. The van der Waals surface area contributed by atoms with Gasteiger partial charge >= 0.3 is 0 Å². The van der Waals surface area contributed by atoms with Gasteiger partial charge in [0.05, 0.1) is 0 Å². The molecule has 1 aliphatic carbocycles. The Morgan fingerprint density at radius 3 is 2.90 bits per heavy atom. The molecule has 1 amide bonds. The normalized spacial score (nSPS) is 22.2. The molecule has 0 radical (unpaired) electrons. The Hall–Kier alpha value is -1.56. The van der Waals surface area contributed by atoms with Crippen molar-refractivity contribution < 1.29 is 4.79 Å². The molecule has 1 aliphatic heterocycles. The highest BCUT2D eigenvalue weighted by atomic mass is 32.1. The monoisotopic (exact) mass is 292 g/mol. The maximum atomic E-state index is 12.3. The van der Waals surface area contributed by atoms with E-state index in [-0.39, 0.29) is 11.9 Å². The SMILES string of the molecule is Nc1nc(N2CCCC2)sc1C(=O)NC1CC=CCC1. The third-order valence-corrected chi connectivity index (χ3v) is 4.96. The highest BCUT2D eigenvalue weighted by Crippen LogP contribution is 2.30. The first-order chi connectivity index (χ1) is 9.74. The van der Waals surface area contributed by atoms with Crippen LogP contribution < -0.4 is 16.0 Å². The molecular formula is C14H20N4OS.